The summed E-state index contributed by atoms with van der Waals surface area (Å²) >= 11 is 0. The normalized spacial score (nSPS) is 16.8. The summed E-state index contributed by atoms with van der Waals surface area (Å²) in [5.74, 6) is 0.300. The van der Waals surface area contributed by atoms with Gasteiger partial charge in [-0.1, -0.05) is 18.2 Å². The van der Waals surface area contributed by atoms with Gasteiger partial charge in [-0.25, -0.2) is 0 Å². The molecular weight excluding hydrogens is 268 g/mol. The zero-order valence-electron chi connectivity index (χ0n) is 11.1. The van der Waals surface area contributed by atoms with E-state index >= 15 is 0 Å². The number of para-hydroxylation sites is 1. The summed E-state index contributed by atoms with van der Waals surface area (Å²) in [6.45, 7) is 0. The third-order valence-corrected chi connectivity index (χ3v) is 3.43. The number of hydrogen-bond donors (Lipinski definition) is 1. The lowest BCUT2D eigenvalue weighted by atomic mass is 9.85. The van der Waals surface area contributed by atoms with Gasteiger partial charge in [-0.3, -0.25) is 4.79 Å². The second kappa shape index (κ2) is 5.17. The maximum Gasteiger partial charge on any atom is 0.205 e. The summed E-state index contributed by atoms with van der Waals surface area (Å²) in [7, 11) is 0. The van der Waals surface area contributed by atoms with Crippen LogP contribution in [0.4, 0.5) is 0 Å². The molecule has 2 heterocycles. The molecule has 5 nitrogen and oxygen atoms in total. The molecule has 21 heavy (non-hydrogen) atoms. The van der Waals surface area contributed by atoms with E-state index < -0.39 is 5.92 Å². The predicted octanol–water partition coefficient (Wildman–Crippen LogP) is 2.72. The van der Waals surface area contributed by atoms with Crippen LogP contribution in [-0.4, -0.2) is 5.78 Å². The first-order valence-corrected chi connectivity index (χ1v) is 6.44. The first kappa shape index (κ1) is 13.0. The van der Waals surface area contributed by atoms with Crippen molar-refractivity contribution >= 4 is 5.78 Å². The maximum absolute atomic E-state index is 12.2. The van der Waals surface area contributed by atoms with Crippen LogP contribution in [0, 0.1) is 11.3 Å². The van der Waals surface area contributed by atoms with Crippen LogP contribution >= 0.6 is 0 Å². The van der Waals surface area contributed by atoms with E-state index in [2.05, 4.69) is 0 Å². The number of nitrogens with two attached hydrogens (primary N) is 1. The summed E-state index contributed by atoms with van der Waals surface area (Å²) in [5.41, 5.74) is 6.84. The van der Waals surface area contributed by atoms with Crippen LogP contribution in [0.3, 0.4) is 0 Å². The monoisotopic (exact) mass is 280 g/mol. The zero-order chi connectivity index (χ0) is 14.8. The average Bonchev–Trinajstić information content (AvgIpc) is 3.01. The lowest BCUT2D eigenvalue weighted by molar-refractivity contribution is 0.0949. The molecular formula is C16H12N2O3. The molecule has 104 valence electrons. The third-order valence-electron chi connectivity index (χ3n) is 3.43. The number of allylic oxidation sites excluding steroid dienone is 1. The van der Waals surface area contributed by atoms with E-state index in [1.807, 2.05) is 24.3 Å². The van der Waals surface area contributed by atoms with Crippen LogP contribution in [0.15, 0.2) is 58.5 Å². The van der Waals surface area contributed by atoms with Gasteiger partial charge < -0.3 is 14.9 Å². The highest BCUT2D eigenvalue weighted by Crippen LogP contribution is 2.40. The van der Waals surface area contributed by atoms with E-state index in [0.717, 1.165) is 5.56 Å². The molecule has 3 rings (SSSR count). The Morgan fingerprint density at radius 1 is 1.29 bits per heavy atom. The second-order valence-corrected chi connectivity index (χ2v) is 4.69. The molecule has 2 N–H and O–H groups in total. The van der Waals surface area contributed by atoms with Crippen LogP contribution in [0.5, 0.6) is 5.75 Å². The van der Waals surface area contributed by atoms with Crippen molar-refractivity contribution < 1.29 is 13.9 Å². The van der Waals surface area contributed by atoms with Gasteiger partial charge in [0.25, 0.3) is 0 Å². The molecule has 1 aromatic carbocycles. The van der Waals surface area contributed by atoms with Crippen molar-refractivity contribution in [3.63, 3.8) is 0 Å². The van der Waals surface area contributed by atoms with Gasteiger partial charge in [-0.15, -0.1) is 0 Å². The molecule has 2 aromatic rings. The van der Waals surface area contributed by atoms with Gasteiger partial charge >= 0.3 is 0 Å². The Labute approximate surface area is 121 Å². The largest absolute Gasteiger partial charge is 0.461 e. The Morgan fingerprint density at radius 3 is 2.81 bits per heavy atom. The number of hydrogen-bond acceptors (Lipinski definition) is 5. The van der Waals surface area contributed by atoms with E-state index in [1.54, 1.807) is 18.2 Å². The van der Waals surface area contributed by atoms with Gasteiger partial charge in [0, 0.05) is 17.9 Å². The van der Waals surface area contributed by atoms with Crippen molar-refractivity contribution in [3.05, 3.63) is 65.4 Å². The van der Waals surface area contributed by atoms with Crippen molar-refractivity contribution in [2.75, 3.05) is 0 Å². The smallest absolute Gasteiger partial charge is 0.205 e. The Kier molecular flexibility index (Phi) is 3.20. The minimum Gasteiger partial charge on any atom is -0.461 e. The minimum atomic E-state index is -0.419. The van der Waals surface area contributed by atoms with E-state index in [4.69, 9.17) is 14.9 Å². The van der Waals surface area contributed by atoms with Crippen LogP contribution in [0.1, 0.15) is 28.5 Å². The highest BCUT2D eigenvalue weighted by molar-refractivity contribution is 5.94. The standard InChI is InChI=1S/C16H12N2O3/c17-9-12-11(8-13(19)15-6-3-7-20-15)10-4-1-2-5-14(10)21-16(12)18/h1-7,11H,8,18H2. The molecule has 1 aromatic heterocycles. The predicted molar refractivity (Wildman–Crippen MR) is 74.3 cm³/mol. The number of nitrogens with zero attached hydrogens (tertiary/aromatic N) is 1. The average molecular weight is 280 g/mol. The van der Waals surface area contributed by atoms with E-state index in [1.165, 1.54) is 6.26 Å². The van der Waals surface area contributed by atoms with E-state index in [9.17, 15) is 10.1 Å². The van der Waals surface area contributed by atoms with Crippen molar-refractivity contribution in [2.24, 2.45) is 5.73 Å². The topological polar surface area (TPSA) is 89.3 Å². The summed E-state index contributed by atoms with van der Waals surface area (Å²) in [4.78, 5) is 12.2. The van der Waals surface area contributed by atoms with Gasteiger partial charge in [0.1, 0.15) is 11.8 Å². The molecule has 1 atom stereocenters. The van der Waals surface area contributed by atoms with E-state index in [0.29, 0.717) is 5.75 Å². The van der Waals surface area contributed by atoms with Crippen molar-refractivity contribution in [1.29, 1.82) is 5.26 Å². The van der Waals surface area contributed by atoms with Crippen molar-refractivity contribution in [3.8, 4) is 11.8 Å². The van der Waals surface area contributed by atoms with E-state index in [-0.39, 0.29) is 29.4 Å². The quantitative estimate of drug-likeness (QED) is 0.873. The molecule has 5 heteroatoms. The number of fused-ring (bicyclic) bond motifs is 1. The Bertz CT molecular complexity index is 754. The Hall–Kier alpha value is -3.00. The molecule has 1 unspecified atom stereocenters. The summed E-state index contributed by atoms with van der Waals surface area (Å²) in [6.07, 6.45) is 1.55. The Balaban J connectivity index is 1.99. The van der Waals surface area contributed by atoms with Gasteiger partial charge in [-0.2, -0.15) is 5.26 Å². The fourth-order valence-corrected chi connectivity index (χ4v) is 2.43. The summed E-state index contributed by atoms with van der Waals surface area (Å²) in [5, 5.41) is 9.30. The van der Waals surface area contributed by atoms with Gasteiger partial charge in [0.15, 0.2) is 11.5 Å². The fraction of sp³-hybridized carbons (Fsp3) is 0.125. The maximum atomic E-state index is 12.2. The van der Waals surface area contributed by atoms with Crippen LogP contribution < -0.4 is 10.5 Å². The molecule has 0 bridgehead atoms. The number of furan rings is 1. The molecule has 0 amide bonds. The first-order valence-electron chi connectivity index (χ1n) is 6.44. The number of benzene rings is 1. The zero-order valence-corrected chi connectivity index (χ0v) is 11.1. The Morgan fingerprint density at radius 2 is 2.10 bits per heavy atom. The molecule has 0 radical (unpaired) electrons. The molecule has 0 saturated heterocycles. The summed E-state index contributed by atoms with van der Waals surface area (Å²) < 4.78 is 10.5. The van der Waals surface area contributed by atoms with Gasteiger partial charge in [-0.05, 0) is 18.2 Å². The molecule has 0 saturated carbocycles. The number of nitriles is 1. The number of carbonyl (C=O) groups is 1. The SMILES string of the molecule is N#CC1=C(N)Oc2ccccc2C1CC(=O)c1ccco1. The van der Waals surface area contributed by atoms with Crippen LogP contribution in [0.25, 0.3) is 0 Å². The lowest BCUT2D eigenvalue weighted by Crippen LogP contribution is -2.22. The lowest BCUT2D eigenvalue weighted by Gasteiger charge is -2.25. The highest BCUT2D eigenvalue weighted by atomic mass is 16.5. The molecule has 0 fully saturated rings. The molecule has 1 aliphatic rings. The number of Topliss-reactive ketones (excluding diaryl/α,β-unsaturated/α-hetero) is 1. The van der Waals surface area contributed by atoms with Crippen molar-refractivity contribution in [2.45, 2.75) is 12.3 Å². The van der Waals surface area contributed by atoms with Crippen LogP contribution in [-0.2, 0) is 0 Å². The molecule has 0 spiro atoms. The van der Waals surface area contributed by atoms with Gasteiger partial charge in [0.2, 0.25) is 5.88 Å². The third kappa shape index (κ3) is 2.28. The number of rotatable bonds is 3. The highest BCUT2D eigenvalue weighted by Gasteiger charge is 2.31. The van der Waals surface area contributed by atoms with Crippen molar-refractivity contribution in [1.82, 2.24) is 0 Å². The second-order valence-electron chi connectivity index (χ2n) is 4.69. The number of ketones is 1. The first-order chi connectivity index (χ1) is 10.2. The minimum absolute atomic E-state index is 0.0495. The molecule has 0 aliphatic carbocycles. The molecule has 1 aliphatic heterocycles. The number of ether oxygens (including phenoxy) is 1. The van der Waals surface area contributed by atoms with Gasteiger partial charge in [0.05, 0.1) is 11.8 Å². The fourth-order valence-electron chi connectivity index (χ4n) is 2.43. The summed E-state index contributed by atoms with van der Waals surface area (Å²) in [6, 6.07) is 12.5. The van der Waals surface area contributed by atoms with Crippen LogP contribution in [0.2, 0.25) is 0 Å². The number of carbonyl (C=O) groups excluding carboxylic acids is 1.